The van der Waals surface area contributed by atoms with Gasteiger partial charge < -0.3 is 4.52 Å². The third kappa shape index (κ3) is 2.09. The number of halogens is 1. The number of benzene rings is 1. The average molecular weight is 237 g/mol. The molecule has 0 spiro atoms. The van der Waals surface area contributed by atoms with Crippen molar-refractivity contribution in [1.29, 1.82) is 0 Å². The molecule has 0 saturated heterocycles. The average Bonchev–Trinajstić information content (AvgIpc) is 2.70. The maximum atomic E-state index is 5.95. The minimum Gasteiger partial charge on any atom is -0.334 e. The summed E-state index contributed by atoms with van der Waals surface area (Å²) in [6.07, 6.45) is 0. The first-order chi connectivity index (χ1) is 7.58. The second-order valence-corrected chi connectivity index (χ2v) is 4.51. The Bertz CT molecular complexity index is 505. The molecule has 0 atom stereocenters. The Labute approximate surface area is 99.4 Å². The Morgan fingerprint density at radius 3 is 2.69 bits per heavy atom. The zero-order chi connectivity index (χ0) is 11.7. The molecule has 0 unspecified atom stereocenters. The van der Waals surface area contributed by atoms with E-state index in [1.54, 1.807) is 0 Å². The van der Waals surface area contributed by atoms with Gasteiger partial charge in [0.25, 0.3) is 5.89 Å². The first-order valence-electron chi connectivity index (χ1n) is 5.18. The number of hydrogen-bond acceptors (Lipinski definition) is 3. The number of hydrogen-bond donors (Lipinski definition) is 0. The molecule has 2 rings (SSSR count). The minimum atomic E-state index is 0.261. The molecule has 16 heavy (non-hydrogen) atoms. The summed E-state index contributed by atoms with van der Waals surface area (Å²) in [6.45, 7) is 6.05. The van der Waals surface area contributed by atoms with Gasteiger partial charge in [-0.2, -0.15) is 4.98 Å². The molecule has 0 aliphatic carbocycles. The SMILES string of the molecule is Cc1ccc(Cl)cc1-c1nc(C(C)C)no1. The fraction of sp³-hybridized carbons (Fsp3) is 0.333. The van der Waals surface area contributed by atoms with Gasteiger partial charge in [-0.25, -0.2) is 0 Å². The Hall–Kier alpha value is -1.35. The van der Waals surface area contributed by atoms with Crippen molar-refractivity contribution < 1.29 is 4.52 Å². The van der Waals surface area contributed by atoms with E-state index in [0.717, 1.165) is 17.0 Å². The van der Waals surface area contributed by atoms with Crippen LogP contribution in [0.5, 0.6) is 0 Å². The third-order valence-electron chi connectivity index (χ3n) is 2.39. The standard InChI is InChI=1S/C12H13ClN2O/c1-7(2)11-14-12(16-15-11)10-6-9(13)5-4-8(10)3/h4-7H,1-3H3. The topological polar surface area (TPSA) is 38.9 Å². The molecule has 0 saturated carbocycles. The smallest absolute Gasteiger partial charge is 0.258 e. The van der Waals surface area contributed by atoms with Gasteiger partial charge in [0, 0.05) is 16.5 Å². The number of rotatable bonds is 2. The molecule has 1 heterocycles. The fourth-order valence-electron chi connectivity index (χ4n) is 1.40. The van der Waals surface area contributed by atoms with E-state index in [1.807, 2.05) is 39.0 Å². The van der Waals surface area contributed by atoms with Crippen LogP contribution in [0.1, 0.15) is 31.2 Å². The molecule has 1 aromatic carbocycles. The summed E-state index contributed by atoms with van der Waals surface area (Å²) < 4.78 is 5.23. The van der Waals surface area contributed by atoms with E-state index < -0.39 is 0 Å². The fourth-order valence-corrected chi connectivity index (χ4v) is 1.58. The van der Waals surface area contributed by atoms with Gasteiger partial charge in [-0.05, 0) is 24.6 Å². The van der Waals surface area contributed by atoms with Gasteiger partial charge in [0.1, 0.15) is 0 Å². The lowest BCUT2D eigenvalue weighted by Crippen LogP contribution is -1.90. The summed E-state index contributed by atoms with van der Waals surface area (Å²) in [7, 11) is 0. The summed E-state index contributed by atoms with van der Waals surface area (Å²) in [5, 5.41) is 4.60. The second kappa shape index (κ2) is 4.26. The van der Waals surface area contributed by atoms with Crippen LogP contribution < -0.4 is 0 Å². The summed E-state index contributed by atoms with van der Waals surface area (Å²) in [5.74, 6) is 1.51. The van der Waals surface area contributed by atoms with Crippen LogP contribution in [-0.2, 0) is 0 Å². The van der Waals surface area contributed by atoms with Crippen molar-refractivity contribution in [3.05, 3.63) is 34.6 Å². The van der Waals surface area contributed by atoms with Gasteiger partial charge in [0.05, 0.1) is 0 Å². The number of aromatic nitrogens is 2. The van der Waals surface area contributed by atoms with E-state index in [4.69, 9.17) is 16.1 Å². The lowest BCUT2D eigenvalue weighted by molar-refractivity contribution is 0.419. The number of nitrogens with zero attached hydrogens (tertiary/aromatic N) is 2. The first kappa shape index (κ1) is 11.1. The second-order valence-electron chi connectivity index (χ2n) is 4.07. The predicted octanol–water partition coefficient (Wildman–Crippen LogP) is 3.82. The molecule has 0 aliphatic heterocycles. The largest absolute Gasteiger partial charge is 0.334 e. The van der Waals surface area contributed by atoms with Crippen LogP contribution >= 0.6 is 11.6 Å². The molecule has 84 valence electrons. The summed E-state index contributed by atoms with van der Waals surface area (Å²) in [5.41, 5.74) is 1.97. The minimum absolute atomic E-state index is 0.261. The van der Waals surface area contributed by atoms with Crippen molar-refractivity contribution in [2.24, 2.45) is 0 Å². The van der Waals surface area contributed by atoms with Crippen molar-refractivity contribution in [3.8, 4) is 11.5 Å². The lowest BCUT2D eigenvalue weighted by atomic mass is 10.1. The Balaban J connectivity index is 2.46. The summed E-state index contributed by atoms with van der Waals surface area (Å²) in [6, 6.07) is 5.63. The molecular weight excluding hydrogens is 224 g/mol. The first-order valence-corrected chi connectivity index (χ1v) is 5.56. The monoisotopic (exact) mass is 236 g/mol. The van der Waals surface area contributed by atoms with Crippen molar-refractivity contribution in [3.63, 3.8) is 0 Å². The normalized spacial score (nSPS) is 11.1. The molecule has 4 heteroatoms. The molecule has 0 radical (unpaired) electrons. The lowest BCUT2D eigenvalue weighted by Gasteiger charge is -2.00. The Morgan fingerprint density at radius 2 is 2.06 bits per heavy atom. The molecular formula is C12H13ClN2O. The molecule has 0 fully saturated rings. The Kier molecular flexibility index (Phi) is 2.97. The van der Waals surface area contributed by atoms with E-state index >= 15 is 0 Å². The van der Waals surface area contributed by atoms with Crippen LogP contribution in [0.3, 0.4) is 0 Å². The van der Waals surface area contributed by atoms with Gasteiger partial charge in [0.2, 0.25) is 0 Å². The van der Waals surface area contributed by atoms with Gasteiger partial charge in [-0.1, -0.05) is 36.7 Å². The molecule has 0 N–H and O–H groups in total. The zero-order valence-corrected chi connectivity index (χ0v) is 10.2. The molecule has 0 amide bonds. The van der Waals surface area contributed by atoms with Crippen LogP contribution in [0.2, 0.25) is 5.02 Å². The van der Waals surface area contributed by atoms with Gasteiger partial charge >= 0.3 is 0 Å². The van der Waals surface area contributed by atoms with Crippen LogP contribution in [0.15, 0.2) is 22.7 Å². The quantitative estimate of drug-likeness (QED) is 0.796. The highest BCUT2D eigenvalue weighted by Crippen LogP contribution is 2.26. The summed E-state index contributed by atoms with van der Waals surface area (Å²) >= 11 is 5.95. The Morgan fingerprint density at radius 1 is 1.31 bits per heavy atom. The number of aryl methyl sites for hydroxylation is 1. The van der Waals surface area contributed by atoms with Crippen molar-refractivity contribution in [2.45, 2.75) is 26.7 Å². The van der Waals surface area contributed by atoms with Crippen LogP contribution in [0.25, 0.3) is 11.5 Å². The van der Waals surface area contributed by atoms with E-state index in [2.05, 4.69) is 10.1 Å². The van der Waals surface area contributed by atoms with Gasteiger partial charge in [-0.3, -0.25) is 0 Å². The highest BCUT2D eigenvalue weighted by Gasteiger charge is 2.13. The van der Waals surface area contributed by atoms with Crippen LogP contribution in [0.4, 0.5) is 0 Å². The van der Waals surface area contributed by atoms with E-state index in [1.165, 1.54) is 0 Å². The molecule has 2 aromatic rings. The van der Waals surface area contributed by atoms with Crippen molar-refractivity contribution >= 4 is 11.6 Å². The molecule has 0 aliphatic rings. The van der Waals surface area contributed by atoms with Crippen molar-refractivity contribution in [1.82, 2.24) is 10.1 Å². The van der Waals surface area contributed by atoms with E-state index in [9.17, 15) is 0 Å². The van der Waals surface area contributed by atoms with E-state index in [-0.39, 0.29) is 5.92 Å². The third-order valence-corrected chi connectivity index (χ3v) is 2.62. The van der Waals surface area contributed by atoms with Crippen LogP contribution in [0, 0.1) is 6.92 Å². The zero-order valence-electron chi connectivity index (χ0n) is 9.49. The molecule has 3 nitrogen and oxygen atoms in total. The van der Waals surface area contributed by atoms with Gasteiger partial charge in [-0.15, -0.1) is 0 Å². The summed E-state index contributed by atoms with van der Waals surface area (Å²) in [4.78, 5) is 4.35. The highest BCUT2D eigenvalue weighted by molar-refractivity contribution is 6.30. The highest BCUT2D eigenvalue weighted by atomic mass is 35.5. The van der Waals surface area contributed by atoms with Gasteiger partial charge in [0.15, 0.2) is 5.82 Å². The molecule has 0 bridgehead atoms. The van der Waals surface area contributed by atoms with E-state index in [0.29, 0.717) is 10.9 Å². The maximum absolute atomic E-state index is 5.95. The van der Waals surface area contributed by atoms with Crippen molar-refractivity contribution in [2.75, 3.05) is 0 Å². The van der Waals surface area contributed by atoms with Crippen LogP contribution in [-0.4, -0.2) is 10.1 Å². The molecule has 1 aromatic heterocycles. The predicted molar refractivity (Wildman–Crippen MR) is 63.6 cm³/mol. The maximum Gasteiger partial charge on any atom is 0.258 e.